The summed E-state index contributed by atoms with van der Waals surface area (Å²) in [5.74, 6) is -0.0935. The Kier molecular flexibility index (Phi) is 7.03. The zero-order valence-corrected chi connectivity index (χ0v) is 15.5. The largest absolute Gasteiger partial charge is 0.348 e. The van der Waals surface area contributed by atoms with Gasteiger partial charge in [0.2, 0.25) is 5.91 Å². The third-order valence-electron chi connectivity index (χ3n) is 4.87. The van der Waals surface area contributed by atoms with Crippen LogP contribution in [0.15, 0.2) is 48.5 Å². The molecule has 0 radical (unpaired) electrons. The number of aryl methyl sites for hydroxylation is 2. The van der Waals surface area contributed by atoms with E-state index in [0.29, 0.717) is 6.42 Å². The molecule has 25 heavy (non-hydrogen) atoms. The number of benzene rings is 2. The number of amides is 1. The molecule has 0 saturated carbocycles. The number of fused-ring (bicyclic) bond motifs is 1. The fourth-order valence-corrected chi connectivity index (χ4v) is 3.39. The molecule has 2 atom stereocenters. The van der Waals surface area contributed by atoms with Crippen LogP contribution in [-0.4, -0.2) is 11.9 Å². The van der Waals surface area contributed by atoms with Gasteiger partial charge in [-0.15, -0.1) is 12.4 Å². The molecule has 2 unspecified atom stereocenters. The van der Waals surface area contributed by atoms with Crippen LogP contribution in [0, 0.1) is 0 Å². The van der Waals surface area contributed by atoms with Crippen LogP contribution in [-0.2, 0) is 24.1 Å². The summed E-state index contributed by atoms with van der Waals surface area (Å²) in [6, 6.07) is 16.0. The highest BCUT2D eigenvalue weighted by Gasteiger charge is 2.18. The SMILES string of the molecule is CC(NC(=O)C(N)Cc1ccccc1)c1ccc2c(c1)CCCC2.Cl. The zero-order valence-electron chi connectivity index (χ0n) is 14.7. The van der Waals surface area contributed by atoms with E-state index in [1.165, 1.54) is 30.4 Å². The summed E-state index contributed by atoms with van der Waals surface area (Å²) in [6.07, 6.45) is 5.44. The Labute approximate surface area is 156 Å². The second kappa shape index (κ2) is 9.02. The summed E-state index contributed by atoms with van der Waals surface area (Å²) in [6.45, 7) is 2.03. The minimum atomic E-state index is -0.521. The molecule has 0 bridgehead atoms. The maximum atomic E-state index is 12.4. The van der Waals surface area contributed by atoms with Crippen LogP contribution >= 0.6 is 12.4 Å². The average Bonchev–Trinajstić information content (AvgIpc) is 2.62. The molecule has 4 heteroatoms. The molecule has 2 aromatic carbocycles. The van der Waals surface area contributed by atoms with Gasteiger partial charge in [-0.3, -0.25) is 4.79 Å². The molecule has 3 nitrogen and oxygen atoms in total. The summed E-state index contributed by atoms with van der Waals surface area (Å²) < 4.78 is 0. The first kappa shape index (κ1) is 19.5. The van der Waals surface area contributed by atoms with Crippen molar-refractivity contribution in [1.82, 2.24) is 5.32 Å². The summed E-state index contributed by atoms with van der Waals surface area (Å²) in [7, 11) is 0. The predicted octanol–water partition coefficient (Wildman–Crippen LogP) is 3.73. The van der Waals surface area contributed by atoms with Gasteiger partial charge in [0.25, 0.3) is 0 Å². The Bertz CT molecular complexity index is 702. The van der Waals surface area contributed by atoms with Gasteiger partial charge in [-0.1, -0.05) is 48.5 Å². The molecule has 0 saturated heterocycles. The van der Waals surface area contributed by atoms with E-state index in [9.17, 15) is 4.79 Å². The lowest BCUT2D eigenvalue weighted by atomic mass is 9.89. The number of hydrogen-bond donors (Lipinski definition) is 2. The normalized spacial score (nSPS) is 15.4. The van der Waals surface area contributed by atoms with Crippen molar-refractivity contribution in [3.8, 4) is 0 Å². The maximum absolute atomic E-state index is 12.4. The number of carbonyl (C=O) groups is 1. The molecular formula is C21H27ClN2O. The first-order valence-corrected chi connectivity index (χ1v) is 8.85. The van der Waals surface area contributed by atoms with Crippen LogP contribution < -0.4 is 11.1 Å². The van der Waals surface area contributed by atoms with Crippen LogP contribution in [0.3, 0.4) is 0 Å². The van der Waals surface area contributed by atoms with Gasteiger partial charge < -0.3 is 11.1 Å². The molecule has 1 aliphatic rings. The van der Waals surface area contributed by atoms with Gasteiger partial charge in [0.05, 0.1) is 12.1 Å². The lowest BCUT2D eigenvalue weighted by molar-refractivity contribution is -0.123. The molecular weight excluding hydrogens is 332 g/mol. The summed E-state index contributed by atoms with van der Waals surface area (Å²) in [4.78, 5) is 12.4. The second-order valence-corrected chi connectivity index (χ2v) is 6.76. The smallest absolute Gasteiger partial charge is 0.237 e. The van der Waals surface area contributed by atoms with Crippen molar-refractivity contribution >= 4 is 18.3 Å². The monoisotopic (exact) mass is 358 g/mol. The predicted molar refractivity (Wildman–Crippen MR) is 105 cm³/mol. The van der Waals surface area contributed by atoms with Gasteiger partial charge in [0.15, 0.2) is 0 Å². The van der Waals surface area contributed by atoms with E-state index in [4.69, 9.17) is 5.73 Å². The highest BCUT2D eigenvalue weighted by Crippen LogP contribution is 2.24. The highest BCUT2D eigenvalue weighted by molar-refractivity contribution is 5.85. The van der Waals surface area contributed by atoms with E-state index in [-0.39, 0.29) is 24.4 Å². The molecule has 3 rings (SSSR count). The fraction of sp³-hybridized carbons (Fsp3) is 0.381. The maximum Gasteiger partial charge on any atom is 0.237 e. The Balaban J connectivity index is 0.00000225. The lowest BCUT2D eigenvalue weighted by Gasteiger charge is -2.21. The Morgan fingerprint density at radius 2 is 1.76 bits per heavy atom. The lowest BCUT2D eigenvalue weighted by Crippen LogP contribution is -2.43. The van der Waals surface area contributed by atoms with Gasteiger partial charge in [-0.25, -0.2) is 0 Å². The number of halogens is 1. The minimum absolute atomic E-state index is 0. The number of carbonyl (C=O) groups excluding carboxylic acids is 1. The van der Waals surface area contributed by atoms with Gasteiger partial charge >= 0.3 is 0 Å². The molecule has 0 aliphatic heterocycles. The van der Waals surface area contributed by atoms with Crippen molar-refractivity contribution in [3.63, 3.8) is 0 Å². The Hall–Kier alpha value is -1.84. The van der Waals surface area contributed by atoms with E-state index in [2.05, 4.69) is 23.5 Å². The topological polar surface area (TPSA) is 55.1 Å². The fourth-order valence-electron chi connectivity index (χ4n) is 3.39. The highest BCUT2D eigenvalue weighted by atomic mass is 35.5. The van der Waals surface area contributed by atoms with E-state index in [1.807, 2.05) is 37.3 Å². The average molecular weight is 359 g/mol. The van der Waals surface area contributed by atoms with Crippen molar-refractivity contribution in [1.29, 1.82) is 0 Å². The van der Waals surface area contributed by atoms with Crippen LogP contribution in [0.4, 0.5) is 0 Å². The van der Waals surface area contributed by atoms with E-state index < -0.39 is 6.04 Å². The molecule has 0 heterocycles. The van der Waals surface area contributed by atoms with Crippen LogP contribution in [0.25, 0.3) is 0 Å². The third-order valence-corrected chi connectivity index (χ3v) is 4.87. The zero-order chi connectivity index (χ0) is 16.9. The van der Waals surface area contributed by atoms with Crippen molar-refractivity contribution in [2.75, 3.05) is 0 Å². The van der Waals surface area contributed by atoms with Gasteiger partial charge in [0.1, 0.15) is 0 Å². The molecule has 2 aromatic rings. The molecule has 3 N–H and O–H groups in total. The summed E-state index contributed by atoms with van der Waals surface area (Å²) >= 11 is 0. The number of nitrogens with one attached hydrogen (secondary N) is 1. The van der Waals surface area contributed by atoms with Crippen LogP contribution in [0.5, 0.6) is 0 Å². The van der Waals surface area contributed by atoms with Crippen molar-refractivity contribution < 1.29 is 4.79 Å². The number of rotatable bonds is 5. The van der Waals surface area contributed by atoms with E-state index in [0.717, 1.165) is 17.5 Å². The molecule has 0 aromatic heterocycles. The molecule has 134 valence electrons. The third kappa shape index (κ3) is 5.07. The number of hydrogen-bond acceptors (Lipinski definition) is 2. The van der Waals surface area contributed by atoms with Gasteiger partial charge in [0, 0.05) is 0 Å². The quantitative estimate of drug-likeness (QED) is 0.855. The first-order chi connectivity index (χ1) is 11.6. The van der Waals surface area contributed by atoms with Crippen molar-refractivity contribution in [2.45, 2.75) is 51.1 Å². The summed E-state index contributed by atoms with van der Waals surface area (Å²) in [5, 5.41) is 3.06. The molecule has 0 fully saturated rings. The Morgan fingerprint density at radius 3 is 2.48 bits per heavy atom. The van der Waals surface area contributed by atoms with Gasteiger partial charge in [-0.2, -0.15) is 0 Å². The molecule has 0 spiro atoms. The minimum Gasteiger partial charge on any atom is -0.348 e. The van der Waals surface area contributed by atoms with Crippen LogP contribution in [0.1, 0.15) is 48.1 Å². The molecule has 1 aliphatic carbocycles. The van der Waals surface area contributed by atoms with Gasteiger partial charge in [-0.05, 0) is 61.3 Å². The Morgan fingerprint density at radius 1 is 1.08 bits per heavy atom. The molecule has 1 amide bonds. The van der Waals surface area contributed by atoms with E-state index in [1.54, 1.807) is 0 Å². The van der Waals surface area contributed by atoms with Crippen molar-refractivity contribution in [3.05, 3.63) is 70.8 Å². The number of nitrogens with two attached hydrogens (primary N) is 1. The van der Waals surface area contributed by atoms with E-state index >= 15 is 0 Å². The summed E-state index contributed by atoms with van der Waals surface area (Å²) in [5.41, 5.74) is 11.2. The first-order valence-electron chi connectivity index (χ1n) is 8.85. The van der Waals surface area contributed by atoms with Crippen LogP contribution in [0.2, 0.25) is 0 Å². The van der Waals surface area contributed by atoms with Crippen molar-refractivity contribution in [2.24, 2.45) is 5.73 Å². The second-order valence-electron chi connectivity index (χ2n) is 6.76. The standard InChI is InChI=1S/C21H26N2O.ClH/c1-15(18-12-11-17-9-5-6-10-19(17)14-18)23-21(24)20(22)13-16-7-3-2-4-8-16;/h2-4,7-8,11-12,14-15,20H,5-6,9-10,13,22H2,1H3,(H,23,24);1H.